The topological polar surface area (TPSA) is 88.3 Å². The van der Waals surface area contributed by atoms with E-state index in [1.165, 1.54) is 0 Å². The highest BCUT2D eigenvalue weighted by molar-refractivity contribution is 6.07. The number of pyridine rings is 1. The molecule has 1 aliphatic heterocycles. The second-order valence-corrected chi connectivity index (χ2v) is 7.12. The fourth-order valence-corrected chi connectivity index (χ4v) is 3.63. The Labute approximate surface area is 162 Å². The van der Waals surface area contributed by atoms with Crippen LogP contribution in [0.15, 0.2) is 40.9 Å². The molecule has 0 radical (unpaired) electrons. The Morgan fingerprint density at radius 2 is 1.89 bits per heavy atom. The van der Waals surface area contributed by atoms with Gasteiger partial charge in [-0.05, 0) is 25.8 Å². The summed E-state index contributed by atoms with van der Waals surface area (Å²) in [6.45, 7) is 4.70. The lowest BCUT2D eigenvalue weighted by molar-refractivity contribution is -0.129. The van der Waals surface area contributed by atoms with Crippen molar-refractivity contribution >= 4 is 22.9 Å². The molecule has 0 aliphatic carbocycles. The maximum Gasteiger partial charge on any atom is 0.259 e. The first-order chi connectivity index (χ1) is 13.5. The van der Waals surface area contributed by atoms with Crippen molar-refractivity contribution in [2.24, 2.45) is 0 Å². The molecule has 2 aromatic heterocycles. The molecule has 0 spiro atoms. The fraction of sp³-hybridized carbons (Fsp3) is 0.333. The Hall–Kier alpha value is -3.22. The van der Waals surface area contributed by atoms with E-state index in [1.807, 2.05) is 35.2 Å². The zero-order valence-electron chi connectivity index (χ0n) is 15.9. The number of hydrogen-bond donors (Lipinski definition) is 1. The molecule has 1 aromatic carbocycles. The number of benzene rings is 1. The molecular formula is C21H22N4O3. The van der Waals surface area contributed by atoms with Gasteiger partial charge in [0.1, 0.15) is 0 Å². The molecule has 0 atom stereocenters. The molecule has 0 unspecified atom stereocenters. The summed E-state index contributed by atoms with van der Waals surface area (Å²) in [5, 5.41) is 7.73. The Balaban J connectivity index is 1.63. The predicted octanol–water partition coefficient (Wildman–Crippen LogP) is 2.94. The summed E-state index contributed by atoms with van der Waals surface area (Å²) in [6.07, 6.45) is 1.49. The van der Waals surface area contributed by atoms with Crippen molar-refractivity contribution in [2.75, 3.05) is 13.1 Å². The summed E-state index contributed by atoms with van der Waals surface area (Å²) in [4.78, 5) is 30.9. The van der Waals surface area contributed by atoms with Gasteiger partial charge in [0.15, 0.2) is 0 Å². The van der Waals surface area contributed by atoms with Gasteiger partial charge in [0, 0.05) is 31.6 Å². The summed E-state index contributed by atoms with van der Waals surface area (Å²) in [5.41, 5.74) is 3.08. The van der Waals surface area contributed by atoms with Crippen LogP contribution in [0.1, 0.15) is 35.8 Å². The molecule has 3 heterocycles. The highest BCUT2D eigenvalue weighted by Gasteiger charge is 2.25. The zero-order chi connectivity index (χ0) is 19.7. The summed E-state index contributed by atoms with van der Waals surface area (Å²) >= 11 is 0. The van der Waals surface area contributed by atoms with Crippen molar-refractivity contribution in [3.63, 3.8) is 0 Å². The Bertz CT molecular complexity index is 1020. The number of carbonyl (C=O) groups is 2. The molecule has 3 aromatic rings. The number of hydrogen-bond acceptors (Lipinski definition) is 5. The van der Waals surface area contributed by atoms with Gasteiger partial charge in [-0.2, -0.15) is 0 Å². The average Bonchev–Trinajstić information content (AvgIpc) is 3.09. The lowest BCUT2D eigenvalue weighted by Gasteiger charge is -2.31. The normalized spacial score (nSPS) is 15.0. The third-order valence-corrected chi connectivity index (χ3v) is 5.21. The lowest BCUT2D eigenvalue weighted by Crippen LogP contribution is -2.46. The summed E-state index contributed by atoms with van der Waals surface area (Å²) in [5.74, 6) is -0.0922. The quantitative estimate of drug-likeness (QED) is 0.757. The van der Waals surface area contributed by atoms with Gasteiger partial charge in [-0.15, -0.1) is 0 Å². The van der Waals surface area contributed by atoms with E-state index in [-0.39, 0.29) is 17.9 Å². The van der Waals surface area contributed by atoms with Crippen LogP contribution >= 0.6 is 0 Å². The first-order valence-corrected chi connectivity index (χ1v) is 9.42. The minimum absolute atomic E-state index is 0.0339. The van der Waals surface area contributed by atoms with Crippen molar-refractivity contribution in [3.8, 4) is 11.3 Å². The number of fused-ring (bicyclic) bond motifs is 1. The molecule has 1 fully saturated rings. The van der Waals surface area contributed by atoms with Gasteiger partial charge in [0.25, 0.3) is 11.6 Å². The number of likely N-dealkylation sites (tertiary alicyclic amines) is 1. The van der Waals surface area contributed by atoms with E-state index < -0.39 is 0 Å². The van der Waals surface area contributed by atoms with E-state index in [0.717, 1.165) is 18.4 Å². The smallest absolute Gasteiger partial charge is 0.259 e. The molecule has 1 aliphatic rings. The Morgan fingerprint density at radius 3 is 2.57 bits per heavy atom. The van der Waals surface area contributed by atoms with Gasteiger partial charge in [0.05, 0.1) is 22.3 Å². The van der Waals surface area contributed by atoms with Crippen molar-refractivity contribution in [1.29, 1.82) is 0 Å². The maximum absolute atomic E-state index is 13.1. The van der Waals surface area contributed by atoms with E-state index >= 15 is 0 Å². The number of amides is 2. The van der Waals surface area contributed by atoms with Gasteiger partial charge in [-0.3, -0.25) is 9.59 Å². The monoisotopic (exact) mass is 378 g/mol. The minimum atomic E-state index is -0.169. The zero-order valence-corrected chi connectivity index (χ0v) is 15.9. The highest BCUT2D eigenvalue weighted by atomic mass is 16.5. The second kappa shape index (κ2) is 7.42. The number of aryl methyl sites for hydroxylation is 1. The molecule has 28 heavy (non-hydrogen) atoms. The van der Waals surface area contributed by atoms with Crippen molar-refractivity contribution in [1.82, 2.24) is 20.4 Å². The van der Waals surface area contributed by atoms with E-state index in [0.29, 0.717) is 41.1 Å². The van der Waals surface area contributed by atoms with Crippen LogP contribution < -0.4 is 5.32 Å². The van der Waals surface area contributed by atoms with Crippen LogP contribution in [0.4, 0.5) is 0 Å². The maximum atomic E-state index is 13.1. The van der Waals surface area contributed by atoms with Gasteiger partial charge >= 0.3 is 0 Å². The van der Waals surface area contributed by atoms with Crippen molar-refractivity contribution < 1.29 is 14.1 Å². The SMILES string of the molecule is CC(=O)N1CCC(NC(=O)c2cc(-c3ccccc3)nc3onc(C)c23)CC1. The summed E-state index contributed by atoms with van der Waals surface area (Å²) in [6, 6.07) is 11.5. The first kappa shape index (κ1) is 18.2. The molecule has 7 nitrogen and oxygen atoms in total. The molecule has 2 amide bonds. The van der Waals surface area contributed by atoms with Crippen LogP contribution in [0.5, 0.6) is 0 Å². The molecular weight excluding hydrogens is 356 g/mol. The van der Waals surface area contributed by atoms with Crippen LogP contribution in [0, 0.1) is 6.92 Å². The van der Waals surface area contributed by atoms with E-state index in [1.54, 1.807) is 19.9 Å². The Kier molecular flexibility index (Phi) is 4.81. The van der Waals surface area contributed by atoms with Gasteiger partial charge in [0.2, 0.25) is 5.91 Å². The molecule has 0 saturated carbocycles. The summed E-state index contributed by atoms with van der Waals surface area (Å²) in [7, 11) is 0. The molecule has 1 saturated heterocycles. The Morgan fingerprint density at radius 1 is 1.18 bits per heavy atom. The fourth-order valence-electron chi connectivity index (χ4n) is 3.63. The van der Waals surface area contributed by atoms with Crippen LogP contribution in [0.2, 0.25) is 0 Å². The predicted molar refractivity (Wildman–Crippen MR) is 105 cm³/mol. The van der Waals surface area contributed by atoms with E-state index in [2.05, 4.69) is 15.5 Å². The molecule has 7 heteroatoms. The van der Waals surface area contributed by atoms with Crippen molar-refractivity contribution in [2.45, 2.75) is 32.7 Å². The van der Waals surface area contributed by atoms with Gasteiger partial charge in [-0.1, -0.05) is 35.5 Å². The first-order valence-electron chi connectivity index (χ1n) is 9.42. The lowest BCUT2D eigenvalue weighted by atomic mass is 10.0. The third-order valence-electron chi connectivity index (χ3n) is 5.21. The number of nitrogens with zero attached hydrogens (tertiary/aromatic N) is 3. The molecule has 1 N–H and O–H groups in total. The molecule has 144 valence electrons. The second-order valence-electron chi connectivity index (χ2n) is 7.12. The van der Waals surface area contributed by atoms with Crippen LogP contribution in [-0.2, 0) is 4.79 Å². The van der Waals surface area contributed by atoms with Crippen LogP contribution in [0.3, 0.4) is 0 Å². The largest absolute Gasteiger partial charge is 0.349 e. The molecule has 4 rings (SSSR count). The summed E-state index contributed by atoms with van der Waals surface area (Å²) < 4.78 is 5.35. The number of carbonyl (C=O) groups excluding carboxylic acids is 2. The van der Waals surface area contributed by atoms with E-state index in [9.17, 15) is 9.59 Å². The number of aromatic nitrogens is 2. The standard InChI is InChI=1S/C21H22N4O3/c1-13-19-17(20(27)22-16-8-10-25(11-9-16)14(2)26)12-18(23-21(19)28-24-13)15-6-4-3-5-7-15/h3-7,12,16H,8-11H2,1-2H3,(H,22,27). The van der Waals surface area contributed by atoms with Crippen LogP contribution in [0.25, 0.3) is 22.4 Å². The average molecular weight is 378 g/mol. The number of rotatable bonds is 3. The molecule has 0 bridgehead atoms. The third kappa shape index (κ3) is 3.47. The number of nitrogens with one attached hydrogen (secondary N) is 1. The van der Waals surface area contributed by atoms with E-state index in [4.69, 9.17) is 4.52 Å². The highest BCUT2D eigenvalue weighted by Crippen LogP contribution is 2.27. The van der Waals surface area contributed by atoms with Crippen LogP contribution in [-0.4, -0.2) is 46.0 Å². The van der Waals surface area contributed by atoms with Gasteiger partial charge in [-0.25, -0.2) is 4.98 Å². The van der Waals surface area contributed by atoms with Crippen molar-refractivity contribution in [3.05, 3.63) is 47.7 Å². The minimum Gasteiger partial charge on any atom is -0.349 e. The number of piperidine rings is 1. The van der Waals surface area contributed by atoms with Gasteiger partial charge < -0.3 is 14.7 Å².